The third-order valence-corrected chi connectivity index (χ3v) is 2.43. The van der Waals surface area contributed by atoms with E-state index in [0.717, 1.165) is 7.11 Å². The topological polar surface area (TPSA) is 95.7 Å². The van der Waals surface area contributed by atoms with Crippen molar-refractivity contribution in [2.75, 3.05) is 7.11 Å². The Morgan fingerprint density at radius 1 is 1.29 bits per heavy atom. The second-order valence-corrected chi connectivity index (χ2v) is 5.36. The summed E-state index contributed by atoms with van der Waals surface area (Å²) in [5.41, 5.74) is -0.795. The third-order valence-electron chi connectivity index (χ3n) is 2.43. The van der Waals surface area contributed by atoms with E-state index in [9.17, 15) is 19.7 Å². The molecule has 7 nitrogen and oxygen atoms in total. The molecule has 0 fully saturated rings. The Morgan fingerprint density at radius 2 is 1.90 bits per heavy atom. The van der Waals surface area contributed by atoms with Gasteiger partial charge in [0.05, 0.1) is 18.5 Å². The van der Waals surface area contributed by atoms with Crippen LogP contribution in [0.4, 0.5) is 5.69 Å². The minimum Gasteiger partial charge on any atom is -0.465 e. The number of hydrogen-bond acceptors (Lipinski definition) is 6. The van der Waals surface area contributed by atoms with E-state index in [2.05, 4.69) is 4.74 Å². The lowest BCUT2D eigenvalue weighted by atomic mass is 10.1. The predicted octanol–water partition coefficient (Wildman–Crippen LogP) is 2.27. The van der Waals surface area contributed by atoms with Crippen LogP contribution in [0.15, 0.2) is 18.2 Å². The number of rotatable bonds is 4. The van der Waals surface area contributed by atoms with Gasteiger partial charge in [0.25, 0.3) is 5.69 Å². The predicted molar refractivity (Wildman–Crippen MR) is 74.0 cm³/mol. The van der Waals surface area contributed by atoms with Crippen LogP contribution in [0.1, 0.15) is 36.7 Å². The highest BCUT2D eigenvalue weighted by Gasteiger charge is 2.23. The van der Waals surface area contributed by atoms with Gasteiger partial charge in [0, 0.05) is 6.07 Å². The number of esters is 2. The van der Waals surface area contributed by atoms with E-state index in [-0.39, 0.29) is 12.0 Å². The number of carbonyl (C=O) groups excluding carboxylic acids is 2. The van der Waals surface area contributed by atoms with Crippen molar-refractivity contribution >= 4 is 17.6 Å². The zero-order valence-electron chi connectivity index (χ0n) is 12.3. The highest BCUT2D eigenvalue weighted by molar-refractivity contribution is 5.94. The average molecular weight is 295 g/mol. The molecule has 7 heteroatoms. The fraction of sp³-hybridized carbons (Fsp3) is 0.429. The van der Waals surface area contributed by atoms with Gasteiger partial charge in [0.15, 0.2) is 0 Å². The van der Waals surface area contributed by atoms with Crippen LogP contribution in [-0.4, -0.2) is 29.6 Å². The Balaban J connectivity index is 3.01. The summed E-state index contributed by atoms with van der Waals surface area (Å²) in [5.74, 6) is -1.30. The van der Waals surface area contributed by atoms with Crippen LogP contribution >= 0.6 is 0 Å². The maximum atomic E-state index is 11.7. The van der Waals surface area contributed by atoms with Gasteiger partial charge in [-0.1, -0.05) is 6.07 Å². The molecule has 0 N–H and O–H groups in total. The van der Waals surface area contributed by atoms with Gasteiger partial charge in [0.2, 0.25) is 0 Å². The Hall–Kier alpha value is -2.44. The Kier molecular flexibility index (Phi) is 5.02. The number of ether oxygens (including phenoxy) is 2. The van der Waals surface area contributed by atoms with Crippen LogP contribution in [0.2, 0.25) is 0 Å². The summed E-state index contributed by atoms with van der Waals surface area (Å²) >= 11 is 0. The second kappa shape index (κ2) is 6.34. The van der Waals surface area contributed by atoms with E-state index in [1.165, 1.54) is 18.2 Å². The smallest absolute Gasteiger partial charge is 0.344 e. The molecule has 114 valence electrons. The van der Waals surface area contributed by atoms with Crippen molar-refractivity contribution < 1.29 is 24.0 Å². The quantitative estimate of drug-likeness (QED) is 0.480. The van der Waals surface area contributed by atoms with Gasteiger partial charge < -0.3 is 9.47 Å². The van der Waals surface area contributed by atoms with Crippen LogP contribution < -0.4 is 0 Å². The normalized spacial score (nSPS) is 10.9. The van der Waals surface area contributed by atoms with E-state index in [0.29, 0.717) is 5.56 Å². The molecule has 21 heavy (non-hydrogen) atoms. The Bertz CT molecular complexity index is 573. The van der Waals surface area contributed by atoms with E-state index in [1.807, 2.05) is 0 Å². The molecule has 0 saturated carbocycles. The molecule has 1 rings (SSSR count). The van der Waals surface area contributed by atoms with Crippen molar-refractivity contribution in [1.82, 2.24) is 0 Å². The number of nitro benzene ring substituents is 1. The van der Waals surface area contributed by atoms with E-state index < -0.39 is 28.2 Å². The van der Waals surface area contributed by atoms with Crippen LogP contribution in [0.5, 0.6) is 0 Å². The molecule has 0 spiro atoms. The molecule has 0 aromatic heterocycles. The summed E-state index contributed by atoms with van der Waals surface area (Å²) < 4.78 is 9.62. The summed E-state index contributed by atoms with van der Waals surface area (Å²) in [6, 6.07) is 3.91. The highest BCUT2D eigenvalue weighted by atomic mass is 16.6. The monoisotopic (exact) mass is 295 g/mol. The first-order chi connectivity index (χ1) is 9.64. The van der Waals surface area contributed by atoms with Crippen molar-refractivity contribution in [2.24, 2.45) is 0 Å². The van der Waals surface area contributed by atoms with Gasteiger partial charge in [-0.2, -0.15) is 0 Å². The van der Waals surface area contributed by atoms with Crippen LogP contribution in [0.25, 0.3) is 0 Å². The minimum absolute atomic E-state index is 0.112. The summed E-state index contributed by atoms with van der Waals surface area (Å²) in [6.45, 7) is 5.19. The molecular weight excluding hydrogens is 278 g/mol. The lowest BCUT2D eigenvalue weighted by Gasteiger charge is -2.19. The van der Waals surface area contributed by atoms with Crippen LogP contribution in [0.3, 0.4) is 0 Å². The zero-order valence-corrected chi connectivity index (χ0v) is 12.3. The first kappa shape index (κ1) is 16.6. The summed E-state index contributed by atoms with van der Waals surface area (Å²) in [7, 11) is 1.14. The molecule has 0 aliphatic carbocycles. The molecule has 0 saturated heterocycles. The minimum atomic E-state index is -0.800. The summed E-state index contributed by atoms with van der Waals surface area (Å²) in [6.07, 6.45) is -0.112. The first-order valence-corrected chi connectivity index (χ1v) is 6.21. The largest absolute Gasteiger partial charge is 0.465 e. The Labute approximate surface area is 122 Å². The maximum Gasteiger partial charge on any atom is 0.344 e. The van der Waals surface area contributed by atoms with Crippen LogP contribution in [-0.2, 0) is 20.7 Å². The van der Waals surface area contributed by atoms with E-state index >= 15 is 0 Å². The summed E-state index contributed by atoms with van der Waals surface area (Å²) in [5, 5.41) is 11.0. The zero-order chi connectivity index (χ0) is 16.2. The van der Waals surface area contributed by atoms with Crippen molar-refractivity contribution in [1.29, 1.82) is 0 Å². The van der Waals surface area contributed by atoms with Crippen molar-refractivity contribution in [3.63, 3.8) is 0 Å². The molecule has 1 aromatic rings. The fourth-order valence-electron chi connectivity index (χ4n) is 1.67. The van der Waals surface area contributed by atoms with Crippen molar-refractivity contribution in [2.45, 2.75) is 32.8 Å². The van der Waals surface area contributed by atoms with E-state index in [4.69, 9.17) is 4.74 Å². The maximum absolute atomic E-state index is 11.7. The van der Waals surface area contributed by atoms with Crippen molar-refractivity contribution in [3.8, 4) is 0 Å². The number of benzene rings is 1. The lowest BCUT2D eigenvalue weighted by Crippen LogP contribution is -2.25. The van der Waals surface area contributed by atoms with Gasteiger partial charge in [-0.05, 0) is 32.4 Å². The van der Waals surface area contributed by atoms with E-state index in [1.54, 1.807) is 20.8 Å². The standard InChI is InChI=1S/C14H17NO6/c1-14(2,3)21-12(16)8-9-5-6-10(13(17)20-4)11(7-9)15(18)19/h5-7H,8H2,1-4H3. The molecule has 0 aliphatic heterocycles. The molecule has 0 radical (unpaired) electrons. The molecule has 0 heterocycles. The number of nitrogens with zero attached hydrogens (tertiary/aromatic N) is 1. The molecule has 0 aliphatic rings. The average Bonchev–Trinajstić information content (AvgIpc) is 2.35. The molecular formula is C14H17NO6. The lowest BCUT2D eigenvalue weighted by molar-refractivity contribution is -0.385. The van der Waals surface area contributed by atoms with Gasteiger partial charge in [-0.25, -0.2) is 4.79 Å². The van der Waals surface area contributed by atoms with Crippen LogP contribution in [0, 0.1) is 10.1 Å². The van der Waals surface area contributed by atoms with Gasteiger partial charge in [-0.3, -0.25) is 14.9 Å². The second-order valence-electron chi connectivity index (χ2n) is 5.36. The molecule has 0 unspecified atom stereocenters. The Morgan fingerprint density at radius 3 is 2.38 bits per heavy atom. The number of carbonyl (C=O) groups is 2. The fourth-order valence-corrected chi connectivity index (χ4v) is 1.67. The molecule has 0 atom stereocenters. The first-order valence-electron chi connectivity index (χ1n) is 6.21. The van der Waals surface area contributed by atoms with Gasteiger partial charge in [-0.15, -0.1) is 0 Å². The number of nitro groups is 1. The molecule has 1 aromatic carbocycles. The number of methoxy groups -OCH3 is 1. The SMILES string of the molecule is COC(=O)c1ccc(CC(=O)OC(C)(C)C)cc1[N+](=O)[O-]. The third kappa shape index (κ3) is 4.87. The number of hydrogen-bond donors (Lipinski definition) is 0. The van der Waals surface area contributed by atoms with Gasteiger partial charge >= 0.3 is 11.9 Å². The molecule has 0 amide bonds. The van der Waals surface area contributed by atoms with Crippen molar-refractivity contribution in [3.05, 3.63) is 39.4 Å². The molecule has 0 bridgehead atoms. The van der Waals surface area contributed by atoms with Gasteiger partial charge in [0.1, 0.15) is 11.2 Å². The highest BCUT2D eigenvalue weighted by Crippen LogP contribution is 2.22. The summed E-state index contributed by atoms with van der Waals surface area (Å²) in [4.78, 5) is 33.4.